The zero-order chi connectivity index (χ0) is 22.0. The quantitative estimate of drug-likeness (QED) is 0.725. The first-order valence-corrected chi connectivity index (χ1v) is 12.0. The molecule has 6 nitrogen and oxygen atoms in total. The first kappa shape index (κ1) is 21.7. The molecule has 2 aliphatic heterocycles. The monoisotopic (exact) mass is 438 g/mol. The van der Waals surface area contributed by atoms with Gasteiger partial charge in [0.15, 0.2) is 0 Å². The second-order valence-corrected chi connectivity index (χ2v) is 9.26. The van der Waals surface area contributed by atoms with E-state index in [1.165, 1.54) is 5.69 Å². The average Bonchev–Trinajstić information content (AvgIpc) is 3.17. The number of anilines is 3. The summed E-state index contributed by atoms with van der Waals surface area (Å²) >= 11 is 1.67. The standard InChI is InChI=1S/C24H30N4O2S/c1-17-14-20(27-12-10-26(2)11-13-27)6-9-22(17)25-24(30)18-15-23(29)28(16-18)19-4-7-21(31-3)8-5-19/h4-9,14,18H,10-13,15-16H2,1-3H3,(H,25,30)/t18-/m0/s1. The van der Waals surface area contributed by atoms with E-state index in [4.69, 9.17) is 0 Å². The number of likely N-dealkylation sites (N-methyl/N-ethyl adjacent to an activating group) is 1. The van der Waals surface area contributed by atoms with Crippen LogP contribution in [0.4, 0.5) is 17.1 Å². The molecule has 0 spiro atoms. The van der Waals surface area contributed by atoms with Gasteiger partial charge in [-0.2, -0.15) is 0 Å². The minimum Gasteiger partial charge on any atom is -0.369 e. The Bertz CT molecular complexity index is 955. The lowest BCUT2D eigenvalue weighted by Gasteiger charge is -2.34. The van der Waals surface area contributed by atoms with Crippen LogP contribution in [-0.4, -0.2) is 62.7 Å². The zero-order valence-electron chi connectivity index (χ0n) is 18.4. The summed E-state index contributed by atoms with van der Waals surface area (Å²) in [4.78, 5) is 33.0. The van der Waals surface area contributed by atoms with Crippen LogP contribution in [-0.2, 0) is 9.59 Å². The third kappa shape index (κ3) is 4.88. The topological polar surface area (TPSA) is 55.9 Å². The van der Waals surface area contributed by atoms with Crippen LogP contribution in [0.25, 0.3) is 0 Å². The fourth-order valence-corrected chi connectivity index (χ4v) is 4.59. The lowest BCUT2D eigenvalue weighted by molar-refractivity contribution is -0.122. The van der Waals surface area contributed by atoms with Crippen LogP contribution in [0.1, 0.15) is 12.0 Å². The van der Waals surface area contributed by atoms with Gasteiger partial charge < -0.3 is 20.0 Å². The number of aryl methyl sites for hydroxylation is 1. The maximum atomic E-state index is 12.9. The van der Waals surface area contributed by atoms with Gasteiger partial charge in [-0.25, -0.2) is 0 Å². The summed E-state index contributed by atoms with van der Waals surface area (Å²) in [5.74, 6) is -0.435. The Labute approximate surface area is 188 Å². The molecule has 2 amide bonds. The van der Waals surface area contributed by atoms with Crippen molar-refractivity contribution >= 4 is 40.6 Å². The number of hydrogen-bond donors (Lipinski definition) is 1. The SMILES string of the molecule is CSc1ccc(N2C[C@@H](C(=O)Nc3ccc(N4CCN(C)CC4)cc3C)CC2=O)cc1. The molecule has 164 valence electrons. The Balaban J connectivity index is 1.39. The summed E-state index contributed by atoms with van der Waals surface area (Å²) < 4.78 is 0. The maximum absolute atomic E-state index is 12.9. The number of rotatable bonds is 5. The normalized spacial score (nSPS) is 19.7. The van der Waals surface area contributed by atoms with Crippen LogP contribution in [0.2, 0.25) is 0 Å². The largest absolute Gasteiger partial charge is 0.369 e. The number of nitrogens with one attached hydrogen (secondary N) is 1. The molecule has 2 fully saturated rings. The molecular formula is C24H30N4O2S. The van der Waals surface area contributed by atoms with Crippen molar-refractivity contribution in [2.45, 2.75) is 18.2 Å². The van der Waals surface area contributed by atoms with Crippen molar-refractivity contribution in [1.29, 1.82) is 0 Å². The minimum absolute atomic E-state index is 0.000752. The molecule has 2 saturated heterocycles. The van der Waals surface area contributed by atoms with Gasteiger partial charge >= 0.3 is 0 Å². The lowest BCUT2D eigenvalue weighted by Crippen LogP contribution is -2.44. The summed E-state index contributed by atoms with van der Waals surface area (Å²) in [7, 11) is 2.15. The van der Waals surface area contributed by atoms with Crippen molar-refractivity contribution in [3.8, 4) is 0 Å². The molecular weight excluding hydrogens is 408 g/mol. The fourth-order valence-electron chi connectivity index (χ4n) is 4.18. The van der Waals surface area contributed by atoms with Crippen LogP contribution in [0, 0.1) is 12.8 Å². The van der Waals surface area contributed by atoms with Gasteiger partial charge in [-0.1, -0.05) is 0 Å². The van der Waals surface area contributed by atoms with Crippen LogP contribution in [0.5, 0.6) is 0 Å². The molecule has 0 aromatic heterocycles. The molecule has 2 heterocycles. The lowest BCUT2D eigenvalue weighted by atomic mass is 10.1. The first-order valence-electron chi connectivity index (χ1n) is 10.7. The fraction of sp³-hybridized carbons (Fsp3) is 0.417. The van der Waals surface area contributed by atoms with Gasteiger partial charge in [0, 0.05) is 61.1 Å². The predicted molar refractivity (Wildman–Crippen MR) is 128 cm³/mol. The molecule has 0 unspecified atom stereocenters. The highest BCUT2D eigenvalue weighted by Gasteiger charge is 2.35. The molecule has 7 heteroatoms. The number of carbonyl (C=O) groups is 2. The number of piperazine rings is 1. The summed E-state index contributed by atoms with van der Waals surface area (Å²) in [5, 5.41) is 3.05. The van der Waals surface area contributed by atoms with Crippen molar-refractivity contribution < 1.29 is 9.59 Å². The summed E-state index contributed by atoms with van der Waals surface area (Å²) in [6.45, 7) is 6.59. The van der Waals surface area contributed by atoms with Gasteiger partial charge in [-0.15, -0.1) is 11.8 Å². The van der Waals surface area contributed by atoms with Gasteiger partial charge in [-0.05, 0) is 68.3 Å². The summed E-state index contributed by atoms with van der Waals surface area (Å²) in [6, 6.07) is 14.1. The van der Waals surface area contributed by atoms with E-state index in [-0.39, 0.29) is 24.2 Å². The van der Waals surface area contributed by atoms with Gasteiger partial charge in [0.25, 0.3) is 0 Å². The van der Waals surface area contributed by atoms with E-state index in [0.29, 0.717) is 6.54 Å². The van der Waals surface area contributed by atoms with Crippen molar-refractivity contribution in [2.24, 2.45) is 5.92 Å². The second kappa shape index (κ2) is 9.32. The third-order valence-corrected chi connectivity index (χ3v) is 6.96. The van der Waals surface area contributed by atoms with Gasteiger partial charge in [0.05, 0.1) is 5.92 Å². The van der Waals surface area contributed by atoms with E-state index < -0.39 is 0 Å². The molecule has 2 aliphatic rings. The van der Waals surface area contributed by atoms with Crippen LogP contribution in [0.3, 0.4) is 0 Å². The molecule has 0 bridgehead atoms. The van der Waals surface area contributed by atoms with Gasteiger partial charge in [-0.3, -0.25) is 9.59 Å². The Hall–Kier alpha value is -2.51. The van der Waals surface area contributed by atoms with E-state index >= 15 is 0 Å². The van der Waals surface area contributed by atoms with E-state index in [9.17, 15) is 9.59 Å². The molecule has 1 atom stereocenters. The van der Waals surface area contributed by atoms with Gasteiger partial charge in [0.2, 0.25) is 11.8 Å². The molecule has 31 heavy (non-hydrogen) atoms. The molecule has 0 aliphatic carbocycles. The Morgan fingerprint density at radius 1 is 1.03 bits per heavy atom. The van der Waals surface area contributed by atoms with Crippen molar-refractivity contribution in [3.05, 3.63) is 48.0 Å². The molecule has 2 aromatic carbocycles. The Kier molecular flexibility index (Phi) is 6.53. The Morgan fingerprint density at radius 3 is 2.35 bits per heavy atom. The van der Waals surface area contributed by atoms with Crippen molar-refractivity contribution in [3.63, 3.8) is 0 Å². The summed E-state index contributed by atoms with van der Waals surface area (Å²) in [6.07, 6.45) is 2.27. The third-order valence-electron chi connectivity index (χ3n) is 6.22. The number of thioether (sulfide) groups is 1. The number of nitrogens with zero attached hydrogens (tertiary/aromatic N) is 3. The minimum atomic E-state index is -0.343. The van der Waals surface area contributed by atoms with Crippen LogP contribution in [0.15, 0.2) is 47.4 Å². The van der Waals surface area contributed by atoms with E-state index in [2.05, 4.69) is 34.3 Å². The highest BCUT2D eigenvalue weighted by molar-refractivity contribution is 7.98. The maximum Gasteiger partial charge on any atom is 0.229 e. The predicted octanol–water partition coefficient (Wildman–Crippen LogP) is 3.46. The number of carbonyl (C=O) groups excluding carboxylic acids is 2. The Morgan fingerprint density at radius 2 is 1.71 bits per heavy atom. The molecule has 1 N–H and O–H groups in total. The van der Waals surface area contributed by atoms with Gasteiger partial charge in [0.1, 0.15) is 0 Å². The van der Waals surface area contributed by atoms with Crippen molar-refractivity contribution in [1.82, 2.24) is 4.90 Å². The zero-order valence-corrected chi connectivity index (χ0v) is 19.2. The van der Waals surface area contributed by atoms with E-state index in [1.54, 1.807) is 16.7 Å². The van der Waals surface area contributed by atoms with Crippen molar-refractivity contribution in [2.75, 3.05) is 61.1 Å². The smallest absolute Gasteiger partial charge is 0.229 e. The number of benzene rings is 2. The van der Waals surface area contributed by atoms with Crippen LogP contribution < -0.4 is 15.1 Å². The first-order chi connectivity index (χ1) is 14.9. The molecule has 0 saturated carbocycles. The highest BCUT2D eigenvalue weighted by atomic mass is 32.2. The molecule has 0 radical (unpaired) electrons. The number of hydrogen-bond acceptors (Lipinski definition) is 5. The second-order valence-electron chi connectivity index (χ2n) is 8.38. The van der Waals surface area contributed by atoms with E-state index in [1.807, 2.05) is 43.5 Å². The number of amides is 2. The average molecular weight is 439 g/mol. The molecule has 2 aromatic rings. The summed E-state index contributed by atoms with van der Waals surface area (Å²) in [5.41, 5.74) is 3.90. The van der Waals surface area contributed by atoms with E-state index in [0.717, 1.165) is 48.0 Å². The highest BCUT2D eigenvalue weighted by Crippen LogP contribution is 2.29. The van der Waals surface area contributed by atoms with Crippen LogP contribution >= 0.6 is 11.8 Å². The molecule has 4 rings (SSSR count).